The summed E-state index contributed by atoms with van der Waals surface area (Å²) in [6, 6.07) is 12.0. The first-order chi connectivity index (χ1) is 12.8. The minimum absolute atomic E-state index is 0.142. The summed E-state index contributed by atoms with van der Waals surface area (Å²) >= 11 is 0. The number of carboxylic acids is 2. The first-order valence-corrected chi connectivity index (χ1v) is 9.34. The Kier molecular flexibility index (Phi) is 3.03. The van der Waals surface area contributed by atoms with Gasteiger partial charge in [0.1, 0.15) is 5.41 Å². The van der Waals surface area contributed by atoms with Gasteiger partial charge in [-0.05, 0) is 54.5 Å². The molecule has 1 fully saturated rings. The van der Waals surface area contributed by atoms with Gasteiger partial charge in [-0.2, -0.15) is 0 Å². The maximum atomic E-state index is 12.6. The summed E-state index contributed by atoms with van der Waals surface area (Å²) in [5, 5.41) is 22.6. The molecule has 0 aromatic heterocycles. The van der Waals surface area contributed by atoms with Crippen molar-refractivity contribution in [2.45, 2.75) is 38.1 Å². The van der Waals surface area contributed by atoms with Gasteiger partial charge < -0.3 is 10.2 Å². The fourth-order valence-corrected chi connectivity index (χ4v) is 6.42. The number of nitrogens with zero attached hydrogens (tertiary/aromatic N) is 1. The molecular weight excluding hydrogens is 342 g/mol. The van der Waals surface area contributed by atoms with E-state index in [1.54, 1.807) is 6.92 Å². The maximum absolute atomic E-state index is 12.6. The molecule has 2 aliphatic carbocycles. The Morgan fingerprint density at radius 3 is 2.59 bits per heavy atom. The minimum Gasteiger partial charge on any atom is -0.481 e. The van der Waals surface area contributed by atoms with Gasteiger partial charge in [-0.25, -0.2) is 0 Å². The van der Waals surface area contributed by atoms with Crippen molar-refractivity contribution in [1.29, 1.82) is 0 Å². The van der Waals surface area contributed by atoms with Crippen molar-refractivity contribution >= 4 is 28.4 Å². The molecule has 0 spiro atoms. The maximum Gasteiger partial charge on any atom is 0.316 e. The largest absolute Gasteiger partial charge is 0.481 e. The zero-order chi connectivity index (χ0) is 19.1. The van der Waals surface area contributed by atoms with E-state index >= 15 is 0 Å². The number of rotatable bonds is 2. The molecule has 0 saturated heterocycles. The molecule has 0 amide bonds. The molecule has 5 atom stereocenters. The summed E-state index contributed by atoms with van der Waals surface area (Å²) in [6.45, 7) is 3.65. The molecule has 5 nitrogen and oxygen atoms in total. The van der Waals surface area contributed by atoms with Crippen molar-refractivity contribution in [1.82, 2.24) is 0 Å². The average molecular weight is 363 g/mol. The van der Waals surface area contributed by atoms with Crippen LogP contribution in [0, 0.1) is 17.3 Å². The van der Waals surface area contributed by atoms with Crippen molar-refractivity contribution in [3.8, 4) is 0 Å². The van der Waals surface area contributed by atoms with Crippen molar-refractivity contribution < 1.29 is 19.8 Å². The SMILES string of the molecule is CC1=N[C@@]2(C)CC3Cc4c(ccc5ccccc45)C(C2C(=O)O)[C@@]13C(=O)O. The van der Waals surface area contributed by atoms with Gasteiger partial charge >= 0.3 is 11.9 Å². The van der Waals surface area contributed by atoms with Crippen LogP contribution in [0.5, 0.6) is 0 Å². The van der Waals surface area contributed by atoms with Crippen LogP contribution in [0.4, 0.5) is 0 Å². The zero-order valence-electron chi connectivity index (χ0n) is 15.3. The van der Waals surface area contributed by atoms with Crippen LogP contribution >= 0.6 is 0 Å². The first kappa shape index (κ1) is 16.5. The van der Waals surface area contributed by atoms with Gasteiger partial charge in [0, 0.05) is 11.6 Å². The normalized spacial score (nSPS) is 36.2. The number of hydrogen-bond donors (Lipinski definition) is 2. The summed E-state index contributed by atoms with van der Waals surface area (Å²) in [6.07, 6.45) is 1.14. The Labute approximate surface area is 156 Å². The second-order valence-corrected chi connectivity index (χ2v) is 8.48. The monoisotopic (exact) mass is 363 g/mol. The van der Waals surface area contributed by atoms with Gasteiger partial charge in [0.2, 0.25) is 0 Å². The van der Waals surface area contributed by atoms with Gasteiger partial charge in [0.05, 0.1) is 11.5 Å². The fraction of sp³-hybridized carbons (Fsp3) is 0.409. The Bertz CT molecular complexity index is 1060. The van der Waals surface area contributed by atoms with E-state index in [1.807, 2.05) is 37.3 Å². The van der Waals surface area contributed by atoms with Gasteiger partial charge in [-0.15, -0.1) is 0 Å². The van der Waals surface area contributed by atoms with Crippen LogP contribution < -0.4 is 0 Å². The Hall–Kier alpha value is -2.69. The summed E-state index contributed by atoms with van der Waals surface area (Å²) in [4.78, 5) is 29.6. The van der Waals surface area contributed by atoms with Crippen LogP contribution in [-0.2, 0) is 16.0 Å². The second-order valence-electron chi connectivity index (χ2n) is 8.48. The van der Waals surface area contributed by atoms with E-state index in [9.17, 15) is 19.8 Å². The molecule has 2 N–H and O–H groups in total. The third-order valence-electron chi connectivity index (χ3n) is 7.30. The van der Waals surface area contributed by atoms with Gasteiger partial charge in [0.25, 0.3) is 0 Å². The quantitative estimate of drug-likeness (QED) is 0.855. The highest BCUT2D eigenvalue weighted by molar-refractivity contribution is 6.09. The van der Waals surface area contributed by atoms with E-state index < -0.39 is 34.7 Å². The van der Waals surface area contributed by atoms with E-state index in [0.717, 1.165) is 21.9 Å². The number of carboxylic acid groups (broad SMARTS) is 2. The van der Waals surface area contributed by atoms with Crippen molar-refractivity contribution in [2.75, 3.05) is 0 Å². The smallest absolute Gasteiger partial charge is 0.316 e. The molecule has 3 unspecified atom stereocenters. The first-order valence-electron chi connectivity index (χ1n) is 9.34. The van der Waals surface area contributed by atoms with E-state index in [0.29, 0.717) is 18.6 Å². The van der Waals surface area contributed by atoms with Crippen molar-refractivity contribution in [3.05, 3.63) is 47.5 Å². The summed E-state index contributed by atoms with van der Waals surface area (Å²) in [5.74, 6) is -3.47. The van der Waals surface area contributed by atoms with Crippen LogP contribution in [0.15, 0.2) is 41.4 Å². The van der Waals surface area contributed by atoms with Crippen LogP contribution in [-0.4, -0.2) is 33.4 Å². The number of aliphatic carboxylic acids is 2. The number of fused-ring (bicyclic) bond motifs is 3. The van der Waals surface area contributed by atoms with E-state index in [1.165, 1.54) is 0 Å². The molecule has 0 radical (unpaired) electrons. The molecule has 1 saturated carbocycles. The summed E-state index contributed by atoms with van der Waals surface area (Å²) < 4.78 is 0. The standard InChI is InChI=1S/C22H21NO4/c1-11-22(20(26)27)13-9-16-14-6-4-3-5-12(14)7-8-15(16)17(22)18(19(24)25)21(2,10-13)23-11/h3-8,13,17-18H,9-10H2,1-2H3,(H,24,25)(H,26,27)/t13?,17?,18?,21-,22+/m0/s1. The highest BCUT2D eigenvalue weighted by Crippen LogP contribution is 2.66. The number of carbonyl (C=O) groups is 2. The van der Waals surface area contributed by atoms with Gasteiger partial charge in [0.15, 0.2) is 0 Å². The second kappa shape index (κ2) is 4.97. The third-order valence-corrected chi connectivity index (χ3v) is 7.30. The number of hydrogen-bond acceptors (Lipinski definition) is 3. The number of aliphatic imine (C=N–C) groups is 1. The average Bonchev–Trinajstić information content (AvgIpc) is 2.59. The Morgan fingerprint density at radius 2 is 1.89 bits per heavy atom. The summed E-state index contributed by atoms with van der Waals surface area (Å²) in [5.41, 5.74) is 0.583. The Morgan fingerprint density at radius 1 is 1.15 bits per heavy atom. The lowest BCUT2D eigenvalue weighted by Gasteiger charge is -2.61. The van der Waals surface area contributed by atoms with Gasteiger partial charge in [-0.1, -0.05) is 36.4 Å². The lowest BCUT2D eigenvalue weighted by atomic mass is 9.42. The van der Waals surface area contributed by atoms with E-state index in [2.05, 4.69) is 11.1 Å². The topological polar surface area (TPSA) is 87.0 Å². The minimum atomic E-state index is -1.23. The molecular formula is C22H21NO4. The lowest BCUT2D eigenvalue weighted by Crippen LogP contribution is -2.68. The molecule has 2 aromatic carbocycles. The van der Waals surface area contributed by atoms with Gasteiger partial charge in [-0.3, -0.25) is 14.6 Å². The number of benzene rings is 2. The highest BCUT2D eigenvalue weighted by atomic mass is 16.4. The molecule has 27 heavy (non-hydrogen) atoms. The Balaban J connectivity index is 1.89. The molecule has 6 rings (SSSR count). The lowest BCUT2D eigenvalue weighted by molar-refractivity contribution is -0.163. The summed E-state index contributed by atoms with van der Waals surface area (Å²) in [7, 11) is 0. The predicted octanol–water partition coefficient (Wildman–Crippen LogP) is 3.50. The van der Waals surface area contributed by atoms with E-state index in [-0.39, 0.29) is 5.92 Å². The molecule has 2 aliphatic heterocycles. The fourth-order valence-electron chi connectivity index (χ4n) is 6.42. The van der Waals surface area contributed by atoms with E-state index in [4.69, 9.17) is 0 Å². The molecule has 138 valence electrons. The molecule has 2 aromatic rings. The molecule has 4 aliphatic rings. The van der Waals surface area contributed by atoms with Crippen LogP contribution in [0.2, 0.25) is 0 Å². The third kappa shape index (κ3) is 1.77. The van der Waals surface area contributed by atoms with Crippen molar-refractivity contribution in [2.24, 2.45) is 22.2 Å². The van der Waals surface area contributed by atoms with Crippen LogP contribution in [0.1, 0.15) is 37.3 Å². The van der Waals surface area contributed by atoms with Crippen molar-refractivity contribution in [3.63, 3.8) is 0 Å². The highest BCUT2D eigenvalue weighted by Gasteiger charge is 2.71. The zero-order valence-corrected chi connectivity index (χ0v) is 15.3. The van der Waals surface area contributed by atoms with Crippen LogP contribution in [0.3, 0.4) is 0 Å². The molecule has 4 bridgehead atoms. The molecule has 5 heteroatoms. The predicted molar refractivity (Wildman–Crippen MR) is 101 cm³/mol. The van der Waals surface area contributed by atoms with Crippen LogP contribution in [0.25, 0.3) is 10.8 Å². The molecule has 2 heterocycles.